The van der Waals surface area contributed by atoms with E-state index in [0.717, 1.165) is 10.2 Å². The molecule has 2 aromatic heterocycles. The van der Waals surface area contributed by atoms with E-state index in [2.05, 4.69) is 15.0 Å². The summed E-state index contributed by atoms with van der Waals surface area (Å²) < 4.78 is 1.01. The van der Waals surface area contributed by atoms with Crippen molar-refractivity contribution in [1.82, 2.24) is 19.9 Å². The summed E-state index contributed by atoms with van der Waals surface area (Å²) in [6.45, 7) is 1.25. The number of hydrogen-bond donors (Lipinski definition) is 0. The van der Waals surface area contributed by atoms with Crippen LogP contribution in [0.4, 0.5) is 5.82 Å². The van der Waals surface area contributed by atoms with Crippen molar-refractivity contribution in [3.05, 3.63) is 47.4 Å². The maximum atomic E-state index is 12.7. The Kier molecular flexibility index (Phi) is 3.78. The quantitative estimate of drug-likeness (QED) is 0.717. The molecular weight excluding hydrogens is 336 g/mol. The van der Waals surface area contributed by atoms with Gasteiger partial charge in [0.25, 0.3) is 5.91 Å². The van der Waals surface area contributed by atoms with E-state index in [-0.39, 0.29) is 11.9 Å². The molecule has 1 saturated heterocycles. The van der Waals surface area contributed by atoms with Gasteiger partial charge in [0.05, 0.1) is 16.3 Å². The molecule has 1 fully saturated rings. The minimum absolute atomic E-state index is 0.0630. The second-order valence-electron chi connectivity index (χ2n) is 5.80. The van der Waals surface area contributed by atoms with Gasteiger partial charge in [-0.15, -0.1) is 11.3 Å². The van der Waals surface area contributed by atoms with Gasteiger partial charge in [0.15, 0.2) is 16.5 Å². The van der Waals surface area contributed by atoms with Crippen molar-refractivity contribution in [1.29, 1.82) is 5.26 Å². The number of amides is 1. The van der Waals surface area contributed by atoms with Crippen molar-refractivity contribution >= 4 is 33.3 Å². The Bertz CT molecular complexity index is 955. The molecule has 1 aliphatic heterocycles. The summed E-state index contributed by atoms with van der Waals surface area (Å²) in [5, 5.41) is 9.62. The molecule has 25 heavy (non-hydrogen) atoms. The minimum atomic E-state index is -0.0782. The predicted molar refractivity (Wildman–Crippen MR) is 94.5 cm³/mol. The molecule has 0 N–H and O–H groups in total. The number of fused-ring (bicyclic) bond motifs is 1. The monoisotopic (exact) mass is 350 g/mol. The van der Waals surface area contributed by atoms with Gasteiger partial charge in [0.2, 0.25) is 0 Å². The largest absolute Gasteiger partial charge is 0.350 e. The third-order valence-corrected chi connectivity index (χ3v) is 5.32. The molecule has 1 aromatic carbocycles. The van der Waals surface area contributed by atoms with Crippen LogP contribution >= 0.6 is 11.3 Å². The van der Waals surface area contributed by atoms with E-state index < -0.39 is 0 Å². The van der Waals surface area contributed by atoms with Crippen LogP contribution in [-0.2, 0) is 0 Å². The van der Waals surface area contributed by atoms with E-state index in [1.165, 1.54) is 17.5 Å². The molecule has 0 saturated carbocycles. The van der Waals surface area contributed by atoms with Gasteiger partial charge in [-0.25, -0.2) is 15.0 Å². The Balaban J connectivity index is 1.47. The van der Waals surface area contributed by atoms with E-state index >= 15 is 0 Å². The highest BCUT2D eigenvalue weighted by atomic mass is 32.1. The van der Waals surface area contributed by atoms with Crippen LogP contribution in [0.25, 0.3) is 10.2 Å². The molecule has 0 spiro atoms. The fourth-order valence-corrected chi connectivity index (χ4v) is 3.74. The van der Waals surface area contributed by atoms with Gasteiger partial charge in [-0.2, -0.15) is 5.26 Å². The summed E-state index contributed by atoms with van der Waals surface area (Å²) in [6, 6.07) is 9.84. The average molecular weight is 350 g/mol. The molecule has 4 rings (SSSR count). The molecule has 0 unspecified atom stereocenters. The zero-order chi connectivity index (χ0) is 17.4. The fraction of sp³-hybridized carbons (Fsp3) is 0.235. The summed E-state index contributed by atoms with van der Waals surface area (Å²) in [5.74, 6) is 0.493. The first-order chi connectivity index (χ1) is 12.2. The number of likely N-dealkylation sites (N-methyl/N-ethyl adjacent to an activating group) is 1. The number of anilines is 1. The van der Waals surface area contributed by atoms with Gasteiger partial charge in [0.1, 0.15) is 6.07 Å². The Morgan fingerprint density at radius 1 is 1.32 bits per heavy atom. The van der Waals surface area contributed by atoms with Crippen LogP contribution in [0.1, 0.15) is 15.5 Å². The maximum absolute atomic E-state index is 12.7. The van der Waals surface area contributed by atoms with Crippen molar-refractivity contribution < 1.29 is 4.79 Å². The lowest BCUT2D eigenvalue weighted by Gasteiger charge is -2.44. The van der Waals surface area contributed by atoms with E-state index in [0.29, 0.717) is 29.6 Å². The third-order valence-electron chi connectivity index (χ3n) is 4.29. The van der Waals surface area contributed by atoms with Gasteiger partial charge in [-0.1, -0.05) is 12.1 Å². The SMILES string of the molecule is CN(C(=O)c1nc2ccccc2s1)C1CN(c2nccnc2C#N)C1. The Labute approximate surface area is 148 Å². The van der Waals surface area contributed by atoms with Crippen molar-refractivity contribution in [3.63, 3.8) is 0 Å². The Hall–Kier alpha value is -3.05. The molecule has 124 valence electrons. The lowest BCUT2D eigenvalue weighted by Crippen LogP contribution is -2.60. The first-order valence-electron chi connectivity index (χ1n) is 7.76. The van der Waals surface area contributed by atoms with Gasteiger partial charge in [-0.3, -0.25) is 4.79 Å². The van der Waals surface area contributed by atoms with E-state index in [1.807, 2.05) is 35.2 Å². The summed E-state index contributed by atoms with van der Waals surface area (Å²) in [6.07, 6.45) is 3.07. The van der Waals surface area contributed by atoms with Crippen LogP contribution in [-0.4, -0.2) is 51.9 Å². The molecule has 0 aliphatic carbocycles. The summed E-state index contributed by atoms with van der Waals surface area (Å²) in [5.41, 5.74) is 1.15. The standard InChI is InChI=1S/C17H14N6OS/c1-22(17(24)16-21-12-4-2-3-5-14(12)25-16)11-9-23(10-11)15-13(8-18)19-6-7-20-15/h2-7,11H,9-10H2,1H3. The normalized spacial score (nSPS) is 14.2. The highest BCUT2D eigenvalue weighted by molar-refractivity contribution is 7.20. The molecule has 3 aromatic rings. The smallest absolute Gasteiger partial charge is 0.282 e. The van der Waals surface area contributed by atoms with Gasteiger partial charge < -0.3 is 9.80 Å². The Morgan fingerprint density at radius 3 is 2.84 bits per heavy atom. The highest BCUT2D eigenvalue weighted by Gasteiger charge is 2.35. The van der Waals surface area contributed by atoms with Crippen LogP contribution in [0.3, 0.4) is 0 Å². The number of carbonyl (C=O) groups excluding carboxylic acids is 1. The minimum Gasteiger partial charge on any atom is -0.350 e. The number of nitriles is 1. The molecule has 0 bridgehead atoms. The number of hydrogen-bond acceptors (Lipinski definition) is 7. The van der Waals surface area contributed by atoms with Crippen molar-refractivity contribution in [2.75, 3.05) is 25.0 Å². The molecule has 0 atom stereocenters. The van der Waals surface area contributed by atoms with E-state index in [9.17, 15) is 4.79 Å². The van der Waals surface area contributed by atoms with Crippen LogP contribution in [0.15, 0.2) is 36.7 Å². The zero-order valence-electron chi connectivity index (χ0n) is 13.5. The molecule has 1 aliphatic rings. The highest BCUT2D eigenvalue weighted by Crippen LogP contribution is 2.26. The van der Waals surface area contributed by atoms with Crippen LogP contribution in [0.5, 0.6) is 0 Å². The first kappa shape index (κ1) is 15.5. The number of rotatable bonds is 3. The Morgan fingerprint density at radius 2 is 2.08 bits per heavy atom. The van der Waals surface area contributed by atoms with Crippen molar-refractivity contribution in [2.45, 2.75) is 6.04 Å². The lowest BCUT2D eigenvalue weighted by molar-refractivity contribution is 0.0705. The second-order valence-corrected chi connectivity index (χ2v) is 6.83. The number of nitrogens with zero attached hydrogens (tertiary/aromatic N) is 6. The molecule has 1 amide bonds. The summed E-state index contributed by atoms with van der Waals surface area (Å²) >= 11 is 1.41. The first-order valence-corrected chi connectivity index (χ1v) is 8.58. The second kappa shape index (κ2) is 6.11. The van der Waals surface area contributed by atoms with E-state index in [1.54, 1.807) is 18.1 Å². The number of thiazole rings is 1. The van der Waals surface area contributed by atoms with Gasteiger partial charge in [0, 0.05) is 32.5 Å². The number of carbonyl (C=O) groups is 1. The third kappa shape index (κ3) is 2.68. The molecule has 7 nitrogen and oxygen atoms in total. The van der Waals surface area contributed by atoms with Crippen molar-refractivity contribution in [2.24, 2.45) is 0 Å². The number of benzene rings is 1. The topological polar surface area (TPSA) is 86.0 Å². The number of para-hydroxylation sites is 1. The predicted octanol–water partition coefficient (Wildman–Crippen LogP) is 1.92. The zero-order valence-corrected chi connectivity index (χ0v) is 14.3. The molecule has 0 radical (unpaired) electrons. The molecular formula is C17H14N6OS. The molecule has 8 heteroatoms. The summed E-state index contributed by atoms with van der Waals surface area (Å²) in [7, 11) is 1.79. The average Bonchev–Trinajstić information content (AvgIpc) is 3.04. The lowest BCUT2D eigenvalue weighted by atomic mass is 10.1. The maximum Gasteiger partial charge on any atom is 0.282 e. The summed E-state index contributed by atoms with van der Waals surface area (Å²) in [4.78, 5) is 29.0. The number of aromatic nitrogens is 3. The van der Waals surface area contributed by atoms with Crippen LogP contribution in [0, 0.1) is 11.3 Å². The fourth-order valence-electron chi connectivity index (χ4n) is 2.79. The molecule has 3 heterocycles. The van der Waals surface area contributed by atoms with Crippen LogP contribution in [0.2, 0.25) is 0 Å². The van der Waals surface area contributed by atoms with Crippen molar-refractivity contribution in [3.8, 4) is 6.07 Å². The van der Waals surface area contributed by atoms with E-state index in [4.69, 9.17) is 5.26 Å². The van der Waals surface area contributed by atoms with Gasteiger partial charge >= 0.3 is 0 Å². The van der Waals surface area contributed by atoms with Gasteiger partial charge in [-0.05, 0) is 12.1 Å². The van der Waals surface area contributed by atoms with Crippen LogP contribution < -0.4 is 4.90 Å².